The van der Waals surface area contributed by atoms with Gasteiger partial charge in [0.15, 0.2) is 0 Å². The third kappa shape index (κ3) is 7.36. The number of halogens is 8. The maximum atomic E-state index is 13.4. The summed E-state index contributed by atoms with van der Waals surface area (Å²) in [6.07, 6.45) is -6.60. The molecule has 9 heteroatoms. The van der Waals surface area contributed by atoms with Gasteiger partial charge in [0.25, 0.3) is 0 Å². The molecule has 0 spiro atoms. The molecule has 1 nitrogen and oxygen atoms in total. The quantitative estimate of drug-likeness (QED) is 0.0845. The van der Waals surface area contributed by atoms with Gasteiger partial charge >= 0.3 is 213 Å². The van der Waals surface area contributed by atoms with Gasteiger partial charge in [-0.05, 0) is 0 Å². The predicted octanol–water partition coefficient (Wildman–Crippen LogP) is 8.86. The first-order chi connectivity index (χ1) is 17.0. The molecule has 0 atom stereocenters. The molecule has 3 aromatic rings. The Kier molecular flexibility index (Phi) is 9.66. The first kappa shape index (κ1) is 28.3. The molecule has 0 heterocycles. The third-order valence-electron chi connectivity index (χ3n) is 5.42. The Balaban J connectivity index is 1.58. The molecule has 36 heavy (non-hydrogen) atoms. The van der Waals surface area contributed by atoms with Gasteiger partial charge in [0.1, 0.15) is 0 Å². The Morgan fingerprint density at radius 2 is 1.19 bits per heavy atom. The fourth-order valence-electron chi connectivity index (χ4n) is 3.49. The molecule has 0 fully saturated rings. The Bertz CT molecular complexity index is 1050. The molecule has 0 saturated carbocycles. The normalized spacial score (nSPS) is 12.9. The molecule has 3 aromatic carbocycles. The van der Waals surface area contributed by atoms with Gasteiger partial charge in [-0.15, -0.1) is 0 Å². The molecule has 3 rings (SSSR count). The molecule has 0 aliphatic rings. The molecular weight excluding hydrogens is 600 g/mol. The van der Waals surface area contributed by atoms with Crippen molar-refractivity contribution in [2.24, 2.45) is 0 Å². The van der Waals surface area contributed by atoms with Gasteiger partial charge in [-0.2, -0.15) is 0 Å². The molecule has 0 radical (unpaired) electrons. The van der Waals surface area contributed by atoms with Crippen LogP contribution in [-0.2, 0) is 6.42 Å². The van der Waals surface area contributed by atoms with Crippen LogP contribution < -0.4 is 4.74 Å². The van der Waals surface area contributed by atoms with E-state index in [-0.39, 0.29) is 0 Å². The zero-order chi connectivity index (χ0) is 26.2. The monoisotopic (exact) mass is 626 g/mol. The van der Waals surface area contributed by atoms with Crippen LogP contribution in [0, 0.1) is 7.14 Å². The van der Waals surface area contributed by atoms with Gasteiger partial charge in [-0.3, -0.25) is 0 Å². The topological polar surface area (TPSA) is 9.23 Å². The predicted molar refractivity (Wildman–Crippen MR) is 135 cm³/mol. The van der Waals surface area contributed by atoms with Crippen LogP contribution in [0.4, 0.5) is 30.7 Å². The van der Waals surface area contributed by atoms with E-state index in [4.69, 9.17) is 4.74 Å². The van der Waals surface area contributed by atoms with E-state index in [0.717, 1.165) is 17.3 Å². The Morgan fingerprint density at radius 3 is 1.78 bits per heavy atom. The first-order valence-electron chi connectivity index (χ1n) is 11.3. The van der Waals surface area contributed by atoms with Crippen LogP contribution in [0.3, 0.4) is 0 Å². The average molecular weight is 626 g/mol. The van der Waals surface area contributed by atoms with Crippen molar-refractivity contribution in [1.29, 1.82) is 0 Å². The Morgan fingerprint density at radius 1 is 0.639 bits per heavy atom. The maximum absolute atomic E-state index is 13.4. The van der Waals surface area contributed by atoms with E-state index < -0.39 is 57.3 Å². The molecule has 0 N–H and O–H groups in total. The molecule has 0 bridgehead atoms. The van der Waals surface area contributed by atoms with Crippen molar-refractivity contribution < 1.29 is 35.5 Å². The summed E-state index contributed by atoms with van der Waals surface area (Å²) in [6.45, 7) is -0.402. The number of benzene rings is 3. The summed E-state index contributed by atoms with van der Waals surface area (Å²) in [5.74, 6) is -10.9. The van der Waals surface area contributed by atoms with Crippen molar-refractivity contribution in [2.45, 2.75) is 43.7 Å². The SMILES string of the molecule is FC(F)(F)C(F)(F)C(F)(F)CCCOc1ccc(I(CCCc2ccccc2)c2ccccc2)cc1. The second-order valence-corrected chi connectivity index (χ2v) is 13.8. The van der Waals surface area contributed by atoms with E-state index in [1.165, 1.54) is 12.7 Å². The fraction of sp³-hybridized carbons (Fsp3) is 0.333. The van der Waals surface area contributed by atoms with Crippen molar-refractivity contribution >= 4 is 19.8 Å². The van der Waals surface area contributed by atoms with Gasteiger partial charge in [0, 0.05) is 0 Å². The molecule has 0 saturated heterocycles. The standard InChI is InChI=1S/C27H26F7IO/c28-25(29,26(30,31)27(32,33)34)18-8-20-36-24-16-14-23(15-17-24)35(22-12-5-2-6-13-22)19-7-11-21-9-3-1-4-10-21/h1-6,9-10,12-17H,7-8,11,18-20H2. The number of alkyl halides is 8. The van der Waals surface area contributed by atoms with Gasteiger partial charge in [0.2, 0.25) is 0 Å². The minimum atomic E-state index is -6.31. The van der Waals surface area contributed by atoms with Crippen molar-refractivity contribution in [1.82, 2.24) is 0 Å². The van der Waals surface area contributed by atoms with Gasteiger partial charge in [0.05, 0.1) is 0 Å². The minimum absolute atomic E-state index is 0.345. The van der Waals surface area contributed by atoms with Gasteiger partial charge in [-0.25, -0.2) is 0 Å². The van der Waals surface area contributed by atoms with Crippen molar-refractivity contribution in [3.8, 4) is 5.75 Å². The summed E-state index contributed by atoms with van der Waals surface area (Å²) >= 11 is -1.76. The first-order valence-corrected chi connectivity index (χ1v) is 15.0. The molecule has 0 aliphatic heterocycles. The summed E-state index contributed by atoms with van der Waals surface area (Å²) in [5.41, 5.74) is 1.28. The van der Waals surface area contributed by atoms with Gasteiger partial charge in [-0.1, -0.05) is 0 Å². The zero-order valence-electron chi connectivity index (χ0n) is 19.3. The van der Waals surface area contributed by atoms with E-state index >= 15 is 0 Å². The zero-order valence-corrected chi connectivity index (χ0v) is 21.4. The van der Waals surface area contributed by atoms with Crippen LogP contribution in [0.25, 0.3) is 0 Å². The Hall–Kier alpha value is -2.30. The molecule has 0 aliphatic carbocycles. The summed E-state index contributed by atoms with van der Waals surface area (Å²) in [7, 11) is 0. The second kappa shape index (κ2) is 12.3. The summed E-state index contributed by atoms with van der Waals surface area (Å²) < 4.78 is 98.4. The number of ether oxygens (including phenoxy) is 1. The van der Waals surface area contributed by atoms with Crippen LogP contribution in [0.15, 0.2) is 84.9 Å². The van der Waals surface area contributed by atoms with E-state index in [9.17, 15) is 30.7 Å². The number of rotatable bonds is 12. The van der Waals surface area contributed by atoms with E-state index in [2.05, 4.69) is 24.3 Å². The average Bonchev–Trinajstić information content (AvgIpc) is 2.85. The molecule has 0 aromatic heterocycles. The summed E-state index contributed by atoms with van der Waals surface area (Å²) in [6, 6.07) is 27.7. The van der Waals surface area contributed by atoms with Gasteiger partial charge < -0.3 is 0 Å². The van der Waals surface area contributed by atoms with Crippen LogP contribution in [0.2, 0.25) is 0 Å². The van der Waals surface area contributed by atoms with Crippen LogP contribution in [0.1, 0.15) is 24.8 Å². The van der Waals surface area contributed by atoms with Crippen LogP contribution >= 0.6 is 19.8 Å². The molecule has 196 valence electrons. The third-order valence-corrected chi connectivity index (χ3v) is 11.7. The van der Waals surface area contributed by atoms with E-state index in [1.54, 1.807) is 12.1 Å². The molecule has 0 amide bonds. The van der Waals surface area contributed by atoms with Crippen molar-refractivity contribution in [3.05, 3.63) is 97.6 Å². The number of hydrogen-bond donors (Lipinski definition) is 0. The van der Waals surface area contributed by atoms with Crippen LogP contribution in [-0.4, -0.2) is 29.1 Å². The Labute approximate surface area is 213 Å². The molecular formula is C27H26F7IO. The fourth-order valence-corrected chi connectivity index (χ4v) is 9.11. The van der Waals surface area contributed by atoms with Crippen molar-refractivity contribution in [2.75, 3.05) is 11.0 Å². The van der Waals surface area contributed by atoms with E-state index in [1.807, 2.05) is 48.5 Å². The second-order valence-electron chi connectivity index (χ2n) is 8.12. The molecule has 0 unspecified atom stereocenters. The number of aryl methyl sites for hydroxylation is 1. The number of hydrogen-bond acceptors (Lipinski definition) is 1. The summed E-state index contributed by atoms with van der Waals surface area (Å²) in [4.78, 5) is 0. The van der Waals surface area contributed by atoms with Crippen molar-refractivity contribution in [3.63, 3.8) is 0 Å². The van der Waals surface area contributed by atoms with Crippen LogP contribution in [0.5, 0.6) is 5.75 Å². The summed E-state index contributed by atoms with van der Waals surface area (Å²) in [5, 5.41) is 0. The van der Waals surface area contributed by atoms with E-state index in [0.29, 0.717) is 5.75 Å².